The van der Waals surface area contributed by atoms with Gasteiger partial charge in [0.05, 0.1) is 3.79 Å². The number of carboxylic acids is 1. The molecule has 0 aliphatic carbocycles. The van der Waals surface area contributed by atoms with E-state index in [2.05, 4.69) is 15.9 Å². The number of carboxylic acid groups (broad SMARTS) is 1. The summed E-state index contributed by atoms with van der Waals surface area (Å²) in [6, 6.07) is 4.02. The summed E-state index contributed by atoms with van der Waals surface area (Å²) in [7, 11) is 1.54. The molecule has 0 fully saturated rings. The van der Waals surface area contributed by atoms with Crippen LogP contribution in [0, 0.1) is 0 Å². The molecule has 1 aromatic rings. The lowest BCUT2D eigenvalue weighted by molar-refractivity contribution is -0.155. The first kappa shape index (κ1) is 16.2. The summed E-state index contributed by atoms with van der Waals surface area (Å²) in [5.74, 6) is -1.13. The molecule has 1 amide bonds. The van der Waals surface area contributed by atoms with Crippen molar-refractivity contribution in [1.29, 1.82) is 0 Å². The number of thiophene rings is 1. The zero-order valence-electron chi connectivity index (χ0n) is 11.3. The lowest BCUT2D eigenvalue weighted by Crippen LogP contribution is -2.50. The molecule has 0 saturated carbocycles. The third-order valence-corrected chi connectivity index (χ3v) is 4.86. The van der Waals surface area contributed by atoms with Crippen LogP contribution in [-0.4, -0.2) is 34.5 Å². The Morgan fingerprint density at radius 3 is 2.53 bits per heavy atom. The molecule has 1 aromatic heterocycles. The van der Waals surface area contributed by atoms with E-state index in [0.29, 0.717) is 6.42 Å². The van der Waals surface area contributed by atoms with Gasteiger partial charge in [0.25, 0.3) is 0 Å². The number of hydrogen-bond donors (Lipinski definition) is 1. The highest BCUT2D eigenvalue weighted by Gasteiger charge is 2.34. The quantitative estimate of drug-likeness (QED) is 0.859. The van der Waals surface area contributed by atoms with Crippen LogP contribution >= 0.6 is 27.3 Å². The Morgan fingerprint density at radius 1 is 1.42 bits per heavy atom. The van der Waals surface area contributed by atoms with Crippen LogP contribution in [0.3, 0.4) is 0 Å². The Bertz CT molecular complexity index is 470. The number of likely N-dealkylation sites (N-methyl/N-ethyl adjacent to an activating group) is 1. The fraction of sp³-hybridized carbons (Fsp3) is 0.538. The summed E-state index contributed by atoms with van der Waals surface area (Å²) in [6.07, 6.45) is 1.93. The second kappa shape index (κ2) is 6.52. The molecule has 0 saturated heterocycles. The van der Waals surface area contributed by atoms with Gasteiger partial charge >= 0.3 is 5.97 Å². The van der Waals surface area contributed by atoms with Crippen LogP contribution in [0.2, 0.25) is 0 Å². The highest BCUT2D eigenvalue weighted by Crippen LogP contribution is 2.23. The lowest BCUT2D eigenvalue weighted by atomic mass is 10.0. The van der Waals surface area contributed by atoms with Gasteiger partial charge in [-0.15, -0.1) is 11.3 Å². The Labute approximate surface area is 125 Å². The van der Waals surface area contributed by atoms with E-state index < -0.39 is 11.5 Å². The van der Waals surface area contributed by atoms with Crippen molar-refractivity contribution in [2.24, 2.45) is 0 Å². The van der Waals surface area contributed by atoms with Crippen molar-refractivity contribution in [3.8, 4) is 0 Å². The van der Waals surface area contributed by atoms with Gasteiger partial charge in [-0.1, -0.05) is 0 Å². The minimum Gasteiger partial charge on any atom is -0.480 e. The standard InChI is InChI=1S/C13H18BrNO3S/c1-13(2,12(17)18)15(3)11(16)6-4-5-9-7-8-10(14)19-9/h7-8H,4-6H2,1-3H3,(H,17,18). The summed E-state index contributed by atoms with van der Waals surface area (Å²) in [4.78, 5) is 25.5. The molecule has 0 radical (unpaired) electrons. The number of aliphatic carboxylic acids is 1. The first-order valence-electron chi connectivity index (χ1n) is 5.99. The molecule has 0 aromatic carbocycles. The van der Waals surface area contributed by atoms with Crippen LogP contribution in [0.5, 0.6) is 0 Å². The molecule has 0 spiro atoms. The van der Waals surface area contributed by atoms with Crippen LogP contribution in [0.15, 0.2) is 15.9 Å². The molecule has 106 valence electrons. The second-order valence-corrected chi connectivity index (χ2v) is 7.42. The number of carbonyl (C=O) groups is 2. The summed E-state index contributed by atoms with van der Waals surface area (Å²) in [5.41, 5.74) is -1.16. The Kier molecular flexibility index (Phi) is 5.55. The average Bonchev–Trinajstić information content (AvgIpc) is 2.73. The highest BCUT2D eigenvalue weighted by atomic mass is 79.9. The van der Waals surface area contributed by atoms with E-state index in [9.17, 15) is 9.59 Å². The second-order valence-electron chi connectivity index (χ2n) is 4.88. The van der Waals surface area contributed by atoms with E-state index in [0.717, 1.165) is 16.6 Å². The van der Waals surface area contributed by atoms with E-state index >= 15 is 0 Å². The molecule has 0 aliphatic rings. The predicted molar refractivity (Wildman–Crippen MR) is 79.4 cm³/mol. The first-order chi connectivity index (χ1) is 8.75. The molecular weight excluding hydrogens is 330 g/mol. The average molecular weight is 348 g/mol. The minimum atomic E-state index is -1.16. The molecule has 6 heteroatoms. The number of carbonyl (C=O) groups excluding carboxylic acids is 1. The Hall–Kier alpha value is -0.880. The largest absolute Gasteiger partial charge is 0.480 e. The maximum atomic E-state index is 11.9. The third-order valence-electron chi connectivity index (χ3n) is 3.18. The van der Waals surface area contributed by atoms with Crippen molar-refractivity contribution < 1.29 is 14.7 Å². The summed E-state index contributed by atoms with van der Waals surface area (Å²) in [6.45, 7) is 3.06. The Morgan fingerprint density at radius 2 is 2.05 bits per heavy atom. The predicted octanol–water partition coefficient (Wildman–Crippen LogP) is 3.15. The van der Waals surface area contributed by atoms with Gasteiger partial charge in [0.1, 0.15) is 5.54 Å². The fourth-order valence-corrected chi connectivity index (χ4v) is 3.05. The van der Waals surface area contributed by atoms with Gasteiger partial charge < -0.3 is 10.0 Å². The molecule has 4 nitrogen and oxygen atoms in total. The monoisotopic (exact) mass is 347 g/mol. The van der Waals surface area contributed by atoms with E-state index in [1.807, 2.05) is 12.1 Å². The normalized spacial score (nSPS) is 11.4. The molecule has 1 heterocycles. The maximum absolute atomic E-state index is 11.9. The molecule has 1 N–H and O–H groups in total. The number of amides is 1. The minimum absolute atomic E-state index is 0.136. The summed E-state index contributed by atoms with van der Waals surface area (Å²) < 4.78 is 1.08. The molecular formula is C13H18BrNO3S. The van der Waals surface area contributed by atoms with Gasteiger partial charge in [0.15, 0.2) is 0 Å². The molecule has 0 unspecified atom stereocenters. The van der Waals surface area contributed by atoms with E-state index in [1.165, 1.54) is 30.7 Å². The number of nitrogens with zero attached hydrogens (tertiary/aromatic N) is 1. The molecule has 0 aliphatic heterocycles. The van der Waals surface area contributed by atoms with Crippen molar-refractivity contribution in [2.45, 2.75) is 38.6 Å². The van der Waals surface area contributed by atoms with E-state index in [4.69, 9.17) is 5.11 Å². The van der Waals surface area contributed by atoms with Gasteiger partial charge in [0, 0.05) is 18.3 Å². The summed E-state index contributed by atoms with van der Waals surface area (Å²) in [5, 5.41) is 9.07. The van der Waals surface area contributed by atoms with Crippen molar-refractivity contribution in [1.82, 2.24) is 4.90 Å². The van der Waals surface area contributed by atoms with Gasteiger partial charge in [-0.2, -0.15) is 0 Å². The fourth-order valence-electron chi connectivity index (χ4n) is 1.52. The number of hydrogen-bond acceptors (Lipinski definition) is 3. The van der Waals surface area contributed by atoms with Crippen molar-refractivity contribution in [2.75, 3.05) is 7.05 Å². The van der Waals surface area contributed by atoms with Gasteiger partial charge in [0.2, 0.25) is 5.91 Å². The zero-order valence-corrected chi connectivity index (χ0v) is 13.7. The van der Waals surface area contributed by atoms with Crippen LogP contribution in [0.4, 0.5) is 0 Å². The topological polar surface area (TPSA) is 57.6 Å². The SMILES string of the molecule is CN(C(=O)CCCc1ccc(Br)s1)C(C)(C)C(=O)O. The maximum Gasteiger partial charge on any atom is 0.329 e. The third kappa shape index (κ3) is 4.31. The highest BCUT2D eigenvalue weighted by molar-refractivity contribution is 9.11. The van der Waals surface area contributed by atoms with Crippen LogP contribution < -0.4 is 0 Å². The van der Waals surface area contributed by atoms with Crippen molar-refractivity contribution >= 4 is 39.1 Å². The van der Waals surface area contributed by atoms with E-state index in [-0.39, 0.29) is 5.91 Å². The number of aryl methyl sites for hydroxylation is 1. The molecule has 0 bridgehead atoms. The first-order valence-corrected chi connectivity index (χ1v) is 7.60. The van der Waals surface area contributed by atoms with Crippen molar-refractivity contribution in [3.63, 3.8) is 0 Å². The van der Waals surface area contributed by atoms with Crippen molar-refractivity contribution in [3.05, 3.63) is 20.8 Å². The van der Waals surface area contributed by atoms with Crippen LogP contribution in [-0.2, 0) is 16.0 Å². The molecule has 19 heavy (non-hydrogen) atoms. The molecule has 1 rings (SSSR count). The van der Waals surface area contributed by atoms with Gasteiger partial charge in [-0.25, -0.2) is 4.79 Å². The number of halogens is 1. The van der Waals surface area contributed by atoms with Gasteiger partial charge in [-0.3, -0.25) is 4.79 Å². The van der Waals surface area contributed by atoms with Crippen LogP contribution in [0.25, 0.3) is 0 Å². The lowest BCUT2D eigenvalue weighted by Gasteiger charge is -2.31. The van der Waals surface area contributed by atoms with E-state index in [1.54, 1.807) is 11.3 Å². The summed E-state index contributed by atoms with van der Waals surface area (Å²) >= 11 is 5.05. The zero-order chi connectivity index (χ0) is 14.6. The van der Waals surface area contributed by atoms with Gasteiger partial charge in [-0.05, 0) is 54.8 Å². The number of rotatable bonds is 6. The molecule has 0 atom stereocenters. The van der Waals surface area contributed by atoms with Crippen LogP contribution in [0.1, 0.15) is 31.6 Å². The smallest absolute Gasteiger partial charge is 0.329 e. The Balaban J connectivity index is 2.45.